The number of ether oxygens (including phenoxy) is 2. The van der Waals surface area contributed by atoms with E-state index in [2.05, 4.69) is 42.2 Å². The highest BCUT2D eigenvalue weighted by atomic mass is 32.7. The van der Waals surface area contributed by atoms with Gasteiger partial charge in [0.05, 0.1) is 25.9 Å². The number of rotatable bonds is 2. The normalized spacial score (nSPS) is 37.1. The van der Waals surface area contributed by atoms with Crippen molar-refractivity contribution in [2.24, 2.45) is 0 Å². The topological polar surface area (TPSA) is 312 Å². The van der Waals surface area contributed by atoms with Gasteiger partial charge in [0, 0.05) is 0 Å². The summed E-state index contributed by atoms with van der Waals surface area (Å²) in [4.78, 5) is 56.5. The molecule has 3 fully saturated rings. The molecule has 4 aromatic rings. The second-order valence-corrected chi connectivity index (χ2v) is 16.0. The van der Waals surface area contributed by atoms with Crippen molar-refractivity contribution in [1.29, 1.82) is 0 Å². The number of nitrogens with two attached hydrogens (primary N) is 2. The van der Waals surface area contributed by atoms with Gasteiger partial charge in [0.25, 0.3) is 11.1 Å². The first-order valence-corrected chi connectivity index (χ1v) is 18.4. The first-order chi connectivity index (χ1) is 21.7. The van der Waals surface area contributed by atoms with Gasteiger partial charge in [-0.1, -0.05) is 12.2 Å². The van der Waals surface area contributed by atoms with Crippen molar-refractivity contribution in [3.05, 3.63) is 33.4 Å². The molecule has 0 radical (unpaired) electrons. The predicted octanol–water partition coefficient (Wildman–Crippen LogP) is -1.99. The number of nitrogens with one attached hydrogen (secondary N) is 2. The van der Waals surface area contributed by atoms with Gasteiger partial charge >= 0.3 is 13.5 Å². The van der Waals surface area contributed by atoms with E-state index in [1.165, 1.54) is 21.8 Å². The molecular weight excluding hydrogens is 698 g/mol. The van der Waals surface area contributed by atoms with Crippen LogP contribution in [0.25, 0.3) is 22.3 Å². The fourth-order valence-corrected chi connectivity index (χ4v) is 8.27. The van der Waals surface area contributed by atoms with E-state index in [1.54, 1.807) is 0 Å². The molecule has 0 aliphatic carbocycles. The molecule has 26 heteroatoms. The number of aliphatic hydroxyl groups excluding tert-OH is 2. The van der Waals surface area contributed by atoms with Crippen LogP contribution in [-0.2, 0) is 43.9 Å². The van der Waals surface area contributed by atoms with Crippen molar-refractivity contribution in [3.63, 3.8) is 0 Å². The lowest BCUT2D eigenvalue weighted by Gasteiger charge is -2.27. The lowest BCUT2D eigenvalue weighted by atomic mass is 10.1. The quantitative estimate of drug-likeness (QED) is 0.0820. The third-order valence-corrected chi connectivity index (χ3v) is 10.6. The van der Waals surface area contributed by atoms with Gasteiger partial charge in [-0.05, 0) is 11.8 Å². The van der Waals surface area contributed by atoms with E-state index >= 15 is 0 Å². The van der Waals surface area contributed by atoms with Gasteiger partial charge in [-0.15, -0.1) is 0 Å². The Bertz CT molecular complexity index is 2060. The number of hydrogen-bond donors (Lipinski definition) is 8. The minimum atomic E-state index is -4.37. The van der Waals surface area contributed by atoms with Crippen LogP contribution in [0.4, 0.5) is 11.9 Å². The number of nitrogens with zero attached hydrogens (tertiary/aromatic N) is 6. The van der Waals surface area contributed by atoms with Crippen molar-refractivity contribution in [3.8, 4) is 0 Å². The number of aromatic amines is 2. The highest BCUT2D eigenvalue weighted by Crippen LogP contribution is 2.58. The standard InChI is InChI=1S/C20H24N10O12P2S2/c21-19-25-13-7(15(33)27-19)23-3-29(13)17-10(32)11-6(40-17)2-38-44(36,46)42-12-9(31)5(1-37-43(35,45)41-11)39-18(12)30-4-24-8-14(30)26-20(22)28-16(8)34/h3-6,9-12,17-18,31-32H,1-2H2,(H,35,45)(H,36,46)(H3,21,25,27,33)(H3,22,26,28,34)/t5-,6-,9-,10-,11-,12-,17-,18-,43?,44?/m1/s1. The molecule has 22 nitrogen and oxygen atoms in total. The summed E-state index contributed by atoms with van der Waals surface area (Å²) in [6, 6.07) is 0. The van der Waals surface area contributed by atoms with Crippen molar-refractivity contribution < 1.29 is 47.2 Å². The third kappa shape index (κ3) is 5.57. The number of thiol groups is 1. The predicted molar refractivity (Wildman–Crippen MR) is 160 cm³/mol. The average molecular weight is 723 g/mol. The van der Waals surface area contributed by atoms with Gasteiger partial charge in [-0.2, -0.15) is 9.97 Å². The zero-order valence-electron chi connectivity index (χ0n) is 22.8. The summed E-state index contributed by atoms with van der Waals surface area (Å²) >= 11 is 9.26. The summed E-state index contributed by atoms with van der Waals surface area (Å²) in [5.41, 5.74) is 9.78. The molecule has 3 saturated heterocycles. The smallest absolute Gasteiger partial charge is 0.386 e. The Balaban J connectivity index is 1.21. The van der Waals surface area contributed by atoms with Gasteiger partial charge < -0.3 is 40.6 Å². The van der Waals surface area contributed by atoms with E-state index in [4.69, 9.17) is 50.8 Å². The maximum Gasteiger partial charge on any atom is 0.386 e. The van der Waals surface area contributed by atoms with Crippen LogP contribution in [0.15, 0.2) is 22.2 Å². The van der Waals surface area contributed by atoms with Crippen LogP contribution < -0.4 is 22.6 Å². The monoisotopic (exact) mass is 722 g/mol. The SMILES string of the molecule is Nc1nc2c(ncn2[C@@H]2O[C@@H]3COP(O)(=S)O[C@@H]4[C@H](O)[C@@H](COP(=O)(S)O[C@H]3[C@H]2O)O[C@H]4n2cnc3c(=O)[nH]c(N)nc32)c(=O)[nH]1. The fraction of sp³-hybridized carbons (Fsp3) is 0.500. The number of hydrogen-bond acceptors (Lipinski definition) is 18. The van der Waals surface area contributed by atoms with Gasteiger partial charge in [0.2, 0.25) is 11.9 Å². The second kappa shape index (κ2) is 11.4. The molecule has 4 aromatic heterocycles. The Morgan fingerprint density at radius 1 is 0.870 bits per heavy atom. The van der Waals surface area contributed by atoms with Gasteiger partial charge in [0.15, 0.2) is 34.8 Å². The maximum atomic E-state index is 13.4. The Kier molecular flexibility index (Phi) is 7.87. The average Bonchev–Trinajstić information content (AvgIpc) is 3.72. The molecule has 2 unspecified atom stereocenters. The molecule has 10 atom stereocenters. The van der Waals surface area contributed by atoms with Crippen LogP contribution in [0.1, 0.15) is 12.5 Å². The molecule has 9 N–H and O–H groups in total. The number of H-pyrrole nitrogens is 2. The van der Waals surface area contributed by atoms with E-state index in [1.807, 2.05) is 0 Å². The molecule has 3 aliphatic rings. The molecule has 3 aliphatic heterocycles. The van der Waals surface area contributed by atoms with Crippen LogP contribution in [-0.4, -0.2) is 104 Å². The van der Waals surface area contributed by atoms with E-state index in [9.17, 15) is 29.3 Å². The molecule has 0 saturated carbocycles. The zero-order valence-corrected chi connectivity index (χ0v) is 26.3. The number of aromatic nitrogens is 8. The van der Waals surface area contributed by atoms with Crippen molar-refractivity contribution in [2.45, 2.75) is 49.1 Å². The van der Waals surface area contributed by atoms with Crippen molar-refractivity contribution >= 4 is 71.8 Å². The molecule has 0 spiro atoms. The molecule has 2 bridgehead atoms. The van der Waals surface area contributed by atoms with Crippen LogP contribution in [0.5, 0.6) is 0 Å². The van der Waals surface area contributed by atoms with E-state index in [0.717, 1.165) is 0 Å². The highest BCUT2D eigenvalue weighted by Gasteiger charge is 2.53. The summed E-state index contributed by atoms with van der Waals surface area (Å²) in [5.74, 6) is -0.463. The lowest BCUT2D eigenvalue weighted by Crippen LogP contribution is -2.36. The molecule has 248 valence electrons. The van der Waals surface area contributed by atoms with E-state index < -0.39 is 86.9 Å². The minimum Gasteiger partial charge on any atom is -0.387 e. The lowest BCUT2D eigenvalue weighted by molar-refractivity contribution is -0.0594. The largest absolute Gasteiger partial charge is 0.387 e. The molecular formula is C20H24N10O12P2S2. The summed E-state index contributed by atoms with van der Waals surface area (Å²) in [6.45, 7) is -9.87. The number of aliphatic hydroxyl groups is 2. The first-order valence-electron chi connectivity index (χ1n) is 13.1. The Morgan fingerprint density at radius 3 is 2.02 bits per heavy atom. The van der Waals surface area contributed by atoms with Crippen molar-refractivity contribution in [1.82, 2.24) is 39.0 Å². The van der Waals surface area contributed by atoms with Gasteiger partial charge in [-0.25, -0.2) is 14.5 Å². The van der Waals surface area contributed by atoms with E-state index in [-0.39, 0.29) is 34.2 Å². The summed E-state index contributed by atoms with van der Waals surface area (Å²) in [6.07, 6.45) is -9.10. The highest BCUT2D eigenvalue weighted by molar-refractivity contribution is 8.44. The minimum absolute atomic E-state index is 0.0417. The molecule has 0 aromatic carbocycles. The summed E-state index contributed by atoms with van der Waals surface area (Å²) < 4.78 is 50.0. The Morgan fingerprint density at radius 2 is 1.41 bits per heavy atom. The molecule has 7 rings (SSSR count). The molecule has 0 amide bonds. The second-order valence-electron chi connectivity index (χ2n) is 10.3. The summed E-state index contributed by atoms with van der Waals surface area (Å²) in [7, 11) is 0. The Hall–Kier alpha value is -2.83. The van der Waals surface area contributed by atoms with Gasteiger partial charge in [-0.3, -0.25) is 42.3 Å². The first kappa shape index (κ1) is 31.8. The molecule has 7 heterocycles. The number of nitrogen functional groups attached to an aromatic ring is 2. The number of fused-ring (bicyclic) bond motifs is 5. The van der Waals surface area contributed by atoms with Crippen LogP contribution in [0.3, 0.4) is 0 Å². The van der Waals surface area contributed by atoms with Gasteiger partial charge in [0.1, 0.15) is 36.6 Å². The van der Waals surface area contributed by atoms with Crippen LogP contribution in [0, 0.1) is 0 Å². The Labute approximate surface area is 264 Å². The number of anilines is 2. The number of imidazole rings is 2. The molecule has 46 heavy (non-hydrogen) atoms. The fourth-order valence-electron chi connectivity index (χ4n) is 5.37. The third-order valence-electron chi connectivity index (χ3n) is 7.39. The summed E-state index contributed by atoms with van der Waals surface area (Å²) in [5, 5.41) is 22.4. The van der Waals surface area contributed by atoms with Crippen LogP contribution >= 0.6 is 25.8 Å². The van der Waals surface area contributed by atoms with Crippen LogP contribution in [0.2, 0.25) is 0 Å². The van der Waals surface area contributed by atoms with E-state index in [0.29, 0.717) is 0 Å². The van der Waals surface area contributed by atoms with Crippen molar-refractivity contribution in [2.75, 3.05) is 24.7 Å². The zero-order chi connectivity index (χ0) is 32.7. The maximum absolute atomic E-state index is 13.4.